The highest BCUT2D eigenvalue weighted by atomic mass is 35.5. The molecule has 2 aromatic rings. The Balaban J connectivity index is 1.80. The Hall–Kier alpha value is -1.71. The summed E-state index contributed by atoms with van der Waals surface area (Å²) < 4.78 is 12.2. The average Bonchev–Trinajstić information content (AvgIpc) is 2.51. The molecule has 1 saturated heterocycles. The van der Waals surface area contributed by atoms with E-state index in [1.54, 1.807) is 0 Å². The normalized spacial score (nSPS) is 15.9. The summed E-state index contributed by atoms with van der Waals surface area (Å²) in [5.74, 6) is 1.46. The molecule has 0 aromatic heterocycles. The van der Waals surface area contributed by atoms with Crippen LogP contribution in [-0.4, -0.2) is 19.2 Å². The zero-order valence-corrected chi connectivity index (χ0v) is 13.3. The number of benzene rings is 2. The summed E-state index contributed by atoms with van der Waals surface area (Å²) in [5.41, 5.74) is 1.16. The van der Waals surface area contributed by atoms with Crippen molar-refractivity contribution in [2.75, 3.05) is 13.1 Å². The van der Waals surface area contributed by atoms with E-state index >= 15 is 0 Å². The van der Waals surface area contributed by atoms with Gasteiger partial charge < -0.3 is 14.8 Å². The van der Waals surface area contributed by atoms with Crippen molar-refractivity contribution in [1.82, 2.24) is 5.32 Å². The van der Waals surface area contributed by atoms with Gasteiger partial charge in [-0.1, -0.05) is 48.9 Å². The van der Waals surface area contributed by atoms with Crippen LogP contribution in [0.5, 0.6) is 11.5 Å². The van der Waals surface area contributed by atoms with Gasteiger partial charge in [0.05, 0.1) is 0 Å². The predicted octanol–water partition coefficient (Wildman–Crippen LogP) is 4.22. The third-order valence-corrected chi connectivity index (χ3v) is 3.99. The van der Waals surface area contributed by atoms with E-state index in [0.717, 1.165) is 30.8 Å². The Morgan fingerprint density at radius 3 is 2.55 bits per heavy atom. The van der Waals surface area contributed by atoms with E-state index < -0.39 is 0 Å². The van der Waals surface area contributed by atoms with Gasteiger partial charge in [-0.2, -0.15) is 0 Å². The average molecular weight is 318 g/mol. The molecule has 0 amide bonds. The van der Waals surface area contributed by atoms with Crippen molar-refractivity contribution in [2.45, 2.75) is 25.6 Å². The smallest absolute Gasteiger partial charge is 0.163 e. The molecule has 0 aliphatic carbocycles. The van der Waals surface area contributed by atoms with Crippen molar-refractivity contribution in [1.29, 1.82) is 0 Å². The zero-order valence-electron chi connectivity index (χ0n) is 12.6. The first-order chi connectivity index (χ1) is 10.8. The molecule has 22 heavy (non-hydrogen) atoms. The molecule has 1 unspecified atom stereocenters. The Morgan fingerprint density at radius 1 is 1.14 bits per heavy atom. The van der Waals surface area contributed by atoms with Crippen molar-refractivity contribution < 1.29 is 9.47 Å². The molecule has 1 aliphatic rings. The molecule has 3 rings (SSSR count). The maximum atomic E-state index is 6.20. The van der Waals surface area contributed by atoms with Crippen LogP contribution in [0.2, 0.25) is 5.02 Å². The van der Waals surface area contributed by atoms with Crippen molar-refractivity contribution in [3.05, 3.63) is 59.1 Å². The van der Waals surface area contributed by atoms with E-state index in [4.69, 9.17) is 21.1 Å². The molecule has 2 aromatic carbocycles. The maximum Gasteiger partial charge on any atom is 0.163 e. The largest absolute Gasteiger partial charge is 0.484 e. The number of ether oxygens (including phenoxy) is 2. The minimum Gasteiger partial charge on any atom is -0.484 e. The lowest BCUT2D eigenvalue weighted by atomic mass is 10.1. The van der Waals surface area contributed by atoms with E-state index in [9.17, 15) is 0 Å². The van der Waals surface area contributed by atoms with Crippen LogP contribution in [0.25, 0.3) is 0 Å². The van der Waals surface area contributed by atoms with Gasteiger partial charge in [-0.3, -0.25) is 0 Å². The van der Waals surface area contributed by atoms with E-state index in [-0.39, 0.29) is 12.2 Å². The van der Waals surface area contributed by atoms with E-state index in [2.05, 4.69) is 24.4 Å². The predicted molar refractivity (Wildman–Crippen MR) is 88.8 cm³/mol. The van der Waals surface area contributed by atoms with Crippen molar-refractivity contribution in [2.24, 2.45) is 0 Å². The fourth-order valence-corrected chi connectivity index (χ4v) is 2.57. The fourth-order valence-electron chi connectivity index (χ4n) is 2.40. The second-order valence-corrected chi connectivity index (χ2v) is 5.85. The Kier molecular flexibility index (Phi) is 4.86. The second kappa shape index (κ2) is 7.03. The van der Waals surface area contributed by atoms with Crippen LogP contribution in [0, 0.1) is 0 Å². The molecule has 1 heterocycles. The van der Waals surface area contributed by atoms with Crippen molar-refractivity contribution >= 4 is 11.6 Å². The third-order valence-electron chi connectivity index (χ3n) is 3.75. The molecular formula is C18H20ClNO2. The summed E-state index contributed by atoms with van der Waals surface area (Å²) >= 11 is 6.10. The summed E-state index contributed by atoms with van der Waals surface area (Å²) in [5, 5.41) is 3.85. The van der Waals surface area contributed by atoms with Gasteiger partial charge in [-0.15, -0.1) is 0 Å². The first-order valence-corrected chi connectivity index (χ1v) is 8.02. The van der Waals surface area contributed by atoms with Crippen LogP contribution < -0.4 is 14.8 Å². The molecule has 1 aliphatic heterocycles. The standard InChI is InChI=1S/C18H20ClNO2/c1-2-16(13-6-4-3-5-7-13)22-17-9-8-14(19)10-18(17)21-15-11-20-12-15/h3-10,15-16,20H,2,11-12H2,1H3. The topological polar surface area (TPSA) is 30.5 Å². The highest BCUT2D eigenvalue weighted by Gasteiger charge is 2.21. The Bertz CT molecular complexity index is 614. The number of hydrogen-bond donors (Lipinski definition) is 1. The lowest BCUT2D eigenvalue weighted by Crippen LogP contribution is -2.50. The number of hydrogen-bond acceptors (Lipinski definition) is 3. The number of rotatable bonds is 6. The SMILES string of the molecule is CCC(Oc1ccc(Cl)cc1OC1CNC1)c1ccccc1. The van der Waals surface area contributed by atoms with Crippen LogP contribution in [0.1, 0.15) is 25.0 Å². The van der Waals surface area contributed by atoms with E-state index in [1.807, 2.05) is 36.4 Å². The minimum atomic E-state index is 0.00393. The van der Waals surface area contributed by atoms with E-state index in [0.29, 0.717) is 10.8 Å². The molecule has 0 saturated carbocycles. The summed E-state index contributed by atoms with van der Waals surface area (Å²) in [4.78, 5) is 0. The summed E-state index contributed by atoms with van der Waals surface area (Å²) in [6, 6.07) is 15.8. The van der Waals surface area contributed by atoms with Gasteiger partial charge in [0.15, 0.2) is 11.5 Å². The van der Waals surface area contributed by atoms with Gasteiger partial charge in [0, 0.05) is 24.2 Å². The molecule has 0 radical (unpaired) electrons. The molecule has 0 bridgehead atoms. The lowest BCUT2D eigenvalue weighted by molar-refractivity contribution is 0.126. The summed E-state index contributed by atoms with van der Waals surface area (Å²) in [6.07, 6.45) is 1.08. The second-order valence-electron chi connectivity index (χ2n) is 5.41. The Morgan fingerprint density at radius 2 is 1.91 bits per heavy atom. The molecule has 1 atom stereocenters. The molecule has 0 spiro atoms. The zero-order chi connectivity index (χ0) is 15.4. The van der Waals surface area contributed by atoms with Crippen LogP contribution in [-0.2, 0) is 0 Å². The molecule has 1 N–H and O–H groups in total. The highest BCUT2D eigenvalue weighted by Crippen LogP contribution is 2.35. The molecule has 3 nitrogen and oxygen atoms in total. The van der Waals surface area contributed by atoms with Crippen LogP contribution in [0.3, 0.4) is 0 Å². The van der Waals surface area contributed by atoms with Crippen molar-refractivity contribution in [3.8, 4) is 11.5 Å². The molecule has 1 fully saturated rings. The minimum absolute atomic E-state index is 0.00393. The molecular weight excluding hydrogens is 298 g/mol. The van der Waals surface area contributed by atoms with Crippen LogP contribution in [0.4, 0.5) is 0 Å². The fraction of sp³-hybridized carbons (Fsp3) is 0.333. The van der Waals surface area contributed by atoms with Gasteiger partial charge in [0.25, 0.3) is 0 Å². The van der Waals surface area contributed by atoms with Gasteiger partial charge in [-0.05, 0) is 24.1 Å². The molecule has 116 valence electrons. The first-order valence-electron chi connectivity index (χ1n) is 7.64. The van der Waals surface area contributed by atoms with Gasteiger partial charge in [0.2, 0.25) is 0 Å². The van der Waals surface area contributed by atoms with Crippen molar-refractivity contribution in [3.63, 3.8) is 0 Å². The monoisotopic (exact) mass is 317 g/mol. The maximum absolute atomic E-state index is 6.20. The first kappa shape index (κ1) is 15.2. The summed E-state index contributed by atoms with van der Waals surface area (Å²) in [6.45, 7) is 3.84. The summed E-state index contributed by atoms with van der Waals surface area (Å²) in [7, 11) is 0. The number of nitrogens with one attached hydrogen (secondary N) is 1. The van der Waals surface area contributed by atoms with Crippen LogP contribution in [0.15, 0.2) is 48.5 Å². The van der Waals surface area contributed by atoms with E-state index in [1.165, 1.54) is 0 Å². The molecule has 4 heteroatoms. The van der Waals surface area contributed by atoms with Gasteiger partial charge >= 0.3 is 0 Å². The third kappa shape index (κ3) is 3.54. The highest BCUT2D eigenvalue weighted by molar-refractivity contribution is 6.30. The lowest BCUT2D eigenvalue weighted by Gasteiger charge is -2.29. The Labute approximate surface area is 136 Å². The number of halogens is 1. The van der Waals surface area contributed by atoms with Gasteiger partial charge in [0.1, 0.15) is 12.2 Å². The van der Waals surface area contributed by atoms with Gasteiger partial charge in [-0.25, -0.2) is 0 Å². The van der Waals surface area contributed by atoms with Crippen LogP contribution >= 0.6 is 11.6 Å². The quantitative estimate of drug-likeness (QED) is 0.865.